The molecule has 2 heterocycles. The highest BCUT2D eigenvalue weighted by atomic mass is 79.9. The van der Waals surface area contributed by atoms with Crippen LogP contribution in [0.5, 0.6) is 0 Å². The summed E-state index contributed by atoms with van der Waals surface area (Å²) in [5.74, 6) is -0.698. The van der Waals surface area contributed by atoms with Crippen molar-refractivity contribution in [1.82, 2.24) is 4.90 Å². The van der Waals surface area contributed by atoms with E-state index in [-0.39, 0.29) is 11.0 Å². The van der Waals surface area contributed by atoms with Crippen molar-refractivity contribution in [2.24, 2.45) is 0 Å². The molecule has 20 heavy (non-hydrogen) atoms. The van der Waals surface area contributed by atoms with E-state index < -0.39 is 17.4 Å². The monoisotopic (exact) mass is 372 g/mol. The fourth-order valence-electron chi connectivity index (χ4n) is 2.33. The third-order valence-corrected chi connectivity index (χ3v) is 5.54. The number of carboxylic acid groups (broad SMARTS) is 1. The average Bonchev–Trinajstić information content (AvgIpc) is 2.93. The summed E-state index contributed by atoms with van der Waals surface area (Å²) >= 11 is 9.95. The van der Waals surface area contributed by atoms with E-state index in [0.29, 0.717) is 11.4 Å². The second-order valence-electron chi connectivity index (χ2n) is 4.35. The number of benzene rings is 1. The zero-order valence-corrected chi connectivity index (χ0v) is 13.2. The standard InChI is InChI=1S/C12H9BrN2O3S2/c13-6-3-1-2-4-7(6)14-9(16)8-5-20-10(11(17)18)15(8)12(14)19/h1-4,8,10H,5H2,(H,17,18)/t8-,10+/m0/s1. The van der Waals surface area contributed by atoms with Gasteiger partial charge in [0.1, 0.15) is 6.04 Å². The van der Waals surface area contributed by atoms with E-state index in [9.17, 15) is 14.7 Å². The van der Waals surface area contributed by atoms with Gasteiger partial charge in [0.25, 0.3) is 5.91 Å². The predicted octanol–water partition coefficient (Wildman–Crippen LogP) is 1.91. The summed E-state index contributed by atoms with van der Waals surface area (Å²) in [7, 11) is 0. The highest BCUT2D eigenvalue weighted by Gasteiger charge is 2.53. The van der Waals surface area contributed by atoms with Crippen LogP contribution in [-0.4, -0.2) is 44.2 Å². The fourth-order valence-corrected chi connectivity index (χ4v) is 4.50. The number of rotatable bonds is 2. The Morgan fingerprint density at radius 3 is 2.80 bits per heavy atom. The van der Waals surface area contributed by atoms with E-state index in [1.54, 1.807) is 6.07 Å². The van der Waals surface area contributed by atoms with Crippen LogP contribution in [0.4, 0.5) is 5.69 Å². The van der Waals surface area contributed by atoms with Gasteiger partial charge in [-0.2, -0.15) is 0 Å². The van der Waals surface area contributed by atoms with Gasteiger partial charge in [0.15, 0.2) is 10.5 Å². The normalized spacial score (nSPS) is 25.2. The van der Waals surface area contributed by atoms with Gasteiger partial charge in [-0.15, -0.1) is 11.8 Å². The molecule has 1 aromatic rings. The number of hydrogen-bond acceptors (Lipinski definition) is 4. The van der Waals surface area contributed by atoms with E-state index in [1.165, 1.54) is 21.6 Å². The van der Waals surface area contributed by atoms with Gasteiger partial charge >= 0.3 is 5.97 Å². The van der Waals surface area contributed by atoms with E-state index >= 15 is 0 Å². The largest absolute Gasteiger partial charge is 0.479 e. The fraction of sp³-hybridized carbons (Fsp3) is 0.250. The van der Waals surface area contributed by atoms with Crippen LogP contribution in [0.1, 0.15) is 0 Å². The molecule has 1 aromatic carbocycles. The minimum absolute atomic E-state index is 0.168. The lowest BCUT2D eigenvalue weighted by Gasteiger charge is -2.23. The number of para-hydroxylation sites is 1. The van der Waals surface area contributed by atoms with Crippen molar-refractivity contribution < 1.29 is 14.7 Å². The molecule has 2 aliphatic heterocycles. The van der Waals surface area contributed by atoms with Crippen molar-refractivity contribution in [3.05, 3.63) is 28.7 Å². The molecule has 3 rings (SSSR count). The van der Waals surface area contributed by atoms with Crippen LogP contribution >= 0.6 is 39.9 Å². The average molecular weight is 373 g/mol. The maximum Gasteiger partial charge on any atom is 0.337 e. The van der Waals surface area contributed by atoms with Crippen LogP contribution < -0.4 is 4.90 Å². The number of halogens is 1. The van der Waals surface area contributed by atoms with Crippen LogP contribution in [-0.2, 0) is 9.59 Å². The van der Waals surface area contributed by atoms with Crippen molar-refractivity contribution in [3.8, 4) is 0 Å². The third kappa shape index (κ3) is 1.94. The number of carboxylic acids is 1. The lowest BCUT2D eigenvalue weighted by atomic mass is 10.2. The van der Waals surface area contributed by atoms with Crippen LogP contribution in [0, 0.1) is 0 Å². The third-order valence-electron chi connectivity index (χ3n) is 3.22. The topological polar surface area (TPSA) is 60.9 Å². The Labute approximate surface area is 133 Å². The molecule has 1 amide bonds. The first kappa shape index (κ1) is 13.8. The highest BCUT2D eigenvalue weighted by molar-refractivity contribution is 9.10. The van der Waals surface area contributed by atoms with Crippen molar-refractivity contribution in [1.29, 1.82) is 0 Å². The Hall–Kier alpha value is -1.12. The van der Waals surface area contributed by atoms with Crippen LogP contribution in [0.3, 0.4) is 0 Å². The lowest BCUT2D eigenvalue weighted by Crippen LogP contribution is -2.41. The zero-order chi connectivity index (χ0) is 14.4. The molecule has 104 valence electrons. The maximum atomic E-state index is 12.5. The van der Waals surface area contributed by atoms with Gasteiger partial charge in [0.2, 0.25) is 0 Å². The second kappa shape index (κ2) is 5.01. The van der Waals surface area contributed by atoms with Gasteiger partial charge in [-0.25, -0.2) is 4.79 Å². The molecule has 0 spiro atoms. The number of amides is 1. The molecule has 2 aliphatic rings. The second-order valence-corrected chi connectivity index (χ2v) is 6.69. The number of fused-ring (bicyclic) bond motifs is 1. The van der Waals surface area contributed by atoms with Crippen molar-refractivity contribution in [3.63, 3.8) is 0 Å². The Morgan fingerprint density at radius 2 is 2.15 bits per heavy atom. The Morgan fingerprint density at radius 1 is 1.45 bits per heavy atom. The minimum Gasteiger partial charge on any atom is -0.479 e. The van der Waals surface area contributed by atoms with Gasteiger partial charge < -0.3 is 10.0 Å². The molecule has 0 saturated carbocycles. The molecule has 5 nitrogen and oxygen atoms in total. The van der Waals surface area contributed by atoms with E-state index in [1.807, 2.05) is 18.2 Å². The molecule has 0 aromatic heterocycles. The summed E-state index contributed by atoms with van der Waals surface area (Å²) in [6.07, 6.45) is 0. The molecule has 0 radical (unpaired) electrons. The summed E-state index contributed by atoms with van der Waals surface area (Å²) in [5, 5.41) is 8.68. The van der Waals surface area contributed by atoms with Gasteiger partial charge in [-0.3, -0.25) is 9.69 Å². The number of aliphatic carboxylic acids is 1. The molecule has 0 bridgehead atoms. The Kier molecular flexibility index (Phi) is 3.47. The van der Waals surface area contributed by atoms with Crippen LogP contribution in [0.25, 0.3) is 0 Å². The molecule has 8 heteroatoms. The summed E-state index contributed by atoms with van der Waals surface area (Å²) in [6.45, 7) is 0. The number of nitrogens with zero attached hydrogens (tertiary/aromatic N) is 2. The van der Waals surface area contributed by atoms with Crippen molar-refractivity contribution in [2.75, 3.05) is 10.7 Å². The quantitative estimate of drug-likeness (QED) is 0.800. The van der Waals surface area contributed by atoms with Gasteiger partial charge in [0, 0.05) is 10.2 Å². The van der Waals surface area contributed by atoms with E-state index in [2.05, 4.69) is 15.9 Å². The molecule has 2 atom stereocenters. The van der Waals surface area contributed by atoms with Crippen LogP contribution in [0.15, 0.2) is 28.7 Å². The highest BCUT2D eigenvalue weighted by Crippen LogP contribution is 2.39. The Balaban J connectivity index is 2.01. The number of anilines is 1. The molecule has 2 fully saturated rings. The number of thioether (sulfide) groups is 1. The van der Waals surface area contributed by atoms with Crippen molar-refractivity contribution >= 4 is 62.6 Å². The Bertz CT molecular complexity index is 624. The zero-order valence-electron chi connectivity index (χ0n) is 10.0. The number of carbonyl (C=O) groups excluding carboxylic acids is 1. The van der Waals surface area contributed by atoms with E-state index in [0.717, 1.165) is 4.47 Å². The summed E-state index contributed by atoms with van der Waals surface area (Å²) in [5.41, 5.74) is 0.644. The molecule has 0 aliphatic carbocycles. The first-order chi connectivity index (χ1) is 9.52. The number of thiocarbonyl (C=S) groups is 1. The molecule has 0 unspecified atom stereocenters. The maximum absolute atomic E-state index is 12.5. The van der Waals surface area contributed by atoms with E-state index in [4.69, 9.17) is 12.2 Å². The first-order valence-electron chi connectivity index (χ1n) is 5.77. The van der Waals surface area contributed by atoms with Crippen molar-refractivity contribution in [2.45, 2.75) is 11.4 Å². The summed E-state index contributed by atoms with van der Waals surface area (Å²) in [4.78, 5) is 26.7. The minimum atomic E-state index is -0.971. The molecule has 1 N–H and O–H groups in total. The number of hydrogen-bond donors (Lipinski definition) is 1. The molecular formula is C12H9BrN2O3S2. The lowest BCUT2D eigenvalue weighted by molar-refractivity contribution is -0.138. The molecular weight excluding hydrogens is 364 g/mol. The smallest absolute Gasteiger partial charge is 0.337 e. The van der Waals surface area contributed by atoms with Gasteiger partial charge in [0.05, 0.1) is 5.69 Å². The predicted molar refractivity (Wildman–Crippen MR) is 83.7 cm³/mol. The summed E-state index contributed by atoms with van der Waals surface area (Å²) < 4.78 is 0.747. The first-order valence-corrected chi connectivity index (χ1v) is 8.02. The van der Waals surface area contributed by atoms with Crippen LogP contribution in [0.2, 0.25) is 0 Å². The number of carbonyl (C=O) groups is 2. The van der Waals surface area contributed by atoms with Gasteiger partial charge in [-0.05, 0) is 40.3 Å². The molecule has 2 saturated heterocycles. The summed E-state index contributed by atoms with van der Waals surface area (Å²) in [6, 6.07) is 6.76. The SMILES string of the molecule is O=C(O)[C@H]1SC[C@H]2C(=O)N(c3ccccc3Br)C(=S)N12. The van der Waals surface area contributed by atoms with Gasteiger partial charge in [-0.1, -0.05) is 12.1 Å².